The number of benzene rings is 1. The van der Waals surface area contributed by atoms with Crippen molar-refractivity contribution in [1.82, 2.24) is 4.31 Å². The smallest absolute Gasteiger partial charge is 0.243 e. The van der Waals surface area contributed by atoms with Crippen molar-refractivity contribution in [2.45, 2.75) is 56.5 Å². The van der Waals surface area contributed by atoms with Crippen molar-refractivity contribution in [3.05, 3.63) is 29.3 Å². The van der Waals surface area contributed by atoms with E-state index in [1.807, 2.05) is 19.9 Å². The van der Waals surface area contributed by atoms with Gasteiger partial charge in [-0.3, -0.25) is 0 Å². The molecule has 20 heavy (non-hydrogen) atoms. The normalized spacial score (nSPS) is 24.1. The summed E-state index contributed by atoms with van der Waals surface area (Å²) in [6.45, 7) is 3.84. The second kappa shape index (κ2) is 5.84. The van der Waals surface area contributed by atoms with Gasteiger partial charge in [-0.05, 0) is 62.8 Å². The number of aryl methyl sites for hydroxylation is 2. The highest BCUT2D eigenvalue weighted by atomic mass is 32.2. The van der Waals surface area contributed by atoms with Crippen LogP contribution in [0.2, 0.25) is 0 Å². The summed E-state index contributed by atoms with van der Waals surface area (Å²) < 4.78 is 27.0. The molecule has 2 N–H and O–H groups in total. The van der Waals surface area contributed by atoms with Crippen LogP contribution in [0.15, 0.2) is 23.1 Å². The molecule has 4 nitrogen and oxygen atoms in total. The minimum absolute atomic E-state index is 0.0700. The second-order valence-electron chi connectivity index (χ2n) is 5.91. The molecule has 1 aromatic carbocycles. The molecule has 5 heteroatoms. The summed E-state index contributed by atoms with van der Waals surface area (Å²) in [5.74, 6) is 0. The Kier molecular flexibility index (Phi) is 4.52. The lowest BCUT2D eigenvalue weighted by Crippen LogP contribution is -2.41. The third-order valence-electron chi connectivity index (χ3n) is 4.13. The van der Waals surface area contributed by atoms with Gasteiger partial charge in [0.15, 0.2) is 0 Å². The molecule has 1 fully saturated rings. The summed E-state index contributed by atoms with van der Waals surface area (Å²) in [6, 6.07) is 5.77. The maximum atomic E-state index is 12.7. The Balaban J connectivity index is 2.25. The number of nitrogens with two attached hydrogens (primary N) is 1. The van der Waals surface area contributed by atoms with E-state index in [-0.39, 0.29) is 12.1 Å². The van der Waals surface area contributed by atoms with Gasteiger partial charge in [-0.1, -0.05) is 6.07 Å². The van der Waals surface area contributed by atoms with Crippen LogP contribution in [0.4, 0.5) is 0 Å². The molecule has 0 atom stereocenters. The van der Waals surface area contributed by atoms with Crippen molar-refractivity contribution < 1.29 is 8.42 Å². The third kappa shape index (κ3) is 3.22. The number of hydrogen-bond donors (Lipinski definition) is 1. The fourth-order valence-corrected chi connectivity index (χ4v) is 4.52. The Morgan fingerprint density at radius 1 is 1.05 bits per heavy atom. The summed E-state index contributed by atoms with van der Waals surface area (Å²) in [7, 11) is -1.72. The largest absolute Gasteiger partial charge is 0.328 e. The van der Waals surface area contributed by atoms with Gasteiger partial charge in [0, 0.05) is 19.1 Å². The van der Waals surface area contributed by atoms with Gasteiger partial charge in [-0.15, -0.1) is 0 Å². The first-order chi connectivity index (χ1) is 9.30. The van der Waals surface area contributed by atoms with E-state index in [1.165, 1.54) is 4.31 Å². The maximum absolute atomic E-state index is 12.7. The van der Waals surface area contributed by atoms with Crippen LogP contribution in [0.5, 0.6) is 0 Å². The number of nitrogens with zero attached hydrogens (tertiary/aromatic N) is 1. The Hall–Kier alpha value is -0.910. The molecule has 0 bridgehead atoms. The fourth-order valence-electron chi connectivity index (χ4n) is 2.91. The predicted octanol–water partition coefficient (Wildman–Crippen LogP) is 2.19. The van der Waals surface area contributed by atoms with Crippen LogP contribution in [0, 0.1) is 13.8 Å². The summed E-state index contributed by atoms with van der Waals surface area (Å²) in [5, 5.41) is 0. The van der Waals surface area contributed by atoms with Gasteiger partial charge in [0.2, 0.25) is 10.0 Å². The molecule has 0 amide bonds. The van der Waals surface area contributed by atoms with Crippen molar-refractivity contribution in [3.8, 4) is 0 Å². The van der Waals surface area contributed by atoms with E-state index >= 15 is 0 Å². The van der Waals surface area contributed by atoms with Crippen LogP contribution in [0.25, 0.3) is 0 Å². The molecular weight excluding hydrogens is 272 g/mol. The molecule has 1 aliphatic carbocycles. The lowest BCUT2D eigenvalue weighted by molar-refractivity contribution is 0.268. The average molecular weight is 296 g/mol. The molecule has 0 unspecified atom stereocenters. The van der Waals surface area contributed by atoms with E-state index < -0.39 is 10.0 Å². The SMILES string of the molecule is Cc1cc(C)cc(S(=O)(=O)N(C)C2CCC(N)CC2)c1. The molecule has 1 aromatic rings. The molecule has 2 rings (SSSR count). The molecule has 0 spiro atoms. The van der Waals surface area contributed by atoms with Crippen LogP contribution in [0.1, 0.15) is 36.8 Å². The van der Waals surface area contributed by atoms with E-state index in [1.54, 1.807) is 19.2 Å². The Labute approximate surface area is 122 Å². The van der Waals surface area contributed by atoms with Crippen molar-refractivity contribution >= 4 is 10.0 Å². The maximum Gasteiger partial charge on any atom is 0.243 e. The summed E-state index contributed by atoms with van der Waals surface area (Å²) in [6.07, 6.45) is 3.50. The first kappa shape index (κ1) is 15.5. The van der Waals surface area contributed by atoms with Crippen molar-refractivity contribution in [2.24, 2.45) is 5.73 Å². The Bertz CT molecular complexity index is 555. The highest BCUT2D eigenvalue weighted by Crippen LogP contribution is 2.26. The Morgan fingerprint density at radius 3 is 2.05 bits per heavy atom. The van der Waals surface area contributed by atoms with E-state index in [4.69, 9.17) is 5.73 Å². The lowest BCUT2D eigenvalue weighted by Gasteiger charge is -2.32. The number of hydrogen-bond acceptors (Lipinski definition) is 3. The van der Waals surface area contributed by atoms with Crippen LogP contribution in [0.3, 0.4) is 0 Å². The van der Waals surface area contributed by atoms with Gasteiger partial charge in [0.1, 0.15) is 0 Å². The van der Waals surface area contributed by atoms with Gasteiger partial charge in [0.05, 0.1) is 4.90 Å². The molecule has 0 saturated heterocycles. The van der Waals surface area contributed by atoms with E-state index in [2.05, 4.69) is 0 Å². The Morgan fingerprint density at radius 2 is 1.55 bits per heavy atom. The zero-order valence-electron chi connectivity index (χ0n) is 12.5. The van der Waals surface area contributed by atoms with Gasteiger partial charge < -0.3 is 5.73 Å². The first-order valence-corrected chi connectivity index (χ1v) is 8.56. The molecule has 112 valence electrons. The highest BCUT2D eigenvalue weighted by molar-refractivity contribution is 7.89. The highest BCUT2D eigenvalue weighted by Gasteiger charge is 2.30. The van der Waals surface area contributed by atoms with E-state index in [0.29, 0.717) is 4.90 Å². The monoisotopic (exact) mass is 296 g/mol. The minimum atomic E-state index is -3.41. The molecule has 1 saturated carbocycles. The predicted molar refractivity (Wildman–Crippen MR) is 81.1 cm³/mol. The zero-order valence-corrected chi connectivity index (χ0v) is 13.3. The van der Waals surface area contributed by atoms with Gasteiger partial charge in [0.25, 0.3) is 0 Å². The second-order valence-corrected chi connectivity index (χ2v) is 7.91. The van der Waals surface area contributed by atoms with Gasteiger partial charge >= 0.3 is 0 Å². The third-order valence-corrected chi connectivity index (χ3v) is 6.02. The lowest BCUT2D eigenvalue weighted by atomic mass is 9.92. The summed E-state index contributed by atoms with van der Waals surface area (Å²) in [5.41, 5.74) is 7.84. The first-order valence-electron chi connectivity index (χ1n) is 7.12. The molecule has 0 heterocycles. The van der Waals surface area contributed by atoms with Gasteiger partial charge in [-0.25, -0.2) is 8.42 Å². The minimum Gasteiger partial charge on any atom is -0.328 e. The van der Waals surface area contributed by atoms with E-state index in [9.17, 15) is 8.42 Å². The average Bonchev–Trinajstić information content (AvgIpc) is 2.37. The summed E-state index contributed by atoms with van der Waals surface area (Å²) >= 11 is 0. The van der Waals surface area contributed by atoms with Gasteiger partial charge in [-0.2, -0.15) is 4.31 Å². The van der Waals surface area contributed by atoms with E-state index in [0.717, 1.165) is 36.8 Å². The van der Waals surface area contributed by atoms with Crippen molar-refractivity contribution in [2.75, 3.05) is 7.05 Å². The zero-order chi connectivity index (χ0) is 14.9. The van der Waals surface area contributed by atoms with Crippen molar-refractivity contribution in [3.63, 3.8) is 0 Å². The van der Waals surface area contributed by atoms with Crippen LogP contribution in [-0.4, -0.2) is 31.9 Å². The molecule has 0 radical (unpaired) electrons. The van der Waals surface area contributed by atoms with Crippen LogP contribution < -0.4 is 5.73 Å². The quantitative estimate of drug-likeness (QED) is 0.930. The topological polar surface area (TPSA) is 63.4 Å². The number of rotatable bonds is 3. The molecule has 0 aliphatic heterocycles. The van der Waals surface area contributed by atoms with Crippen molar-refractivity contribution in [1.29, 1.82) is 0 Å². The van der Waals surface area contributed by atoms with Crippen LogP contribution in [-0.2, 0) is 10.0 Å². The standard InChI is InChI=1S/C15H24N2O2S/c1-11-8-12(2)10-15(9-11)20(18,19)17(3)14-6-4-13(16)5-7-14/h8-10,13-14H,4-7,16H2,1-3H3. The summed E-state index contributed by atoms with van der Waals surface area (Å²) in [4.78, 5) is 0.396. The molecular formula is C15H24N2O2S. The molecule has 1 aliphatic rings. The fraction of sp³-hybridized carbons (Fsp3) is 0.600. The molecule has 0 aromatic heterocycles. The number of sulfonamides is 1. The van der Waals surface area contributed by atoms with Crippen LogP contribution >= 0.6 is 0 Å².